The van der Waals surface area contributed by atoms with Crippen LogP contribution in [0.15, 0.2) is 58.1 Å². The molecule has 1 N–H and O–H groups in total. The van der Waals surface area contributed by atoms with E-state index in [1.54, 1.807) is 13.8 Å². The molecule has 7 nitrogen and oxygen atoms in total. The number of carbonyl (C=O) groups is 1. The van der Waals surface area contributed by atoms with Crippen LogP contribution in [0.3, 0.4) is 0 Å². The Kier molecular flexibility index (Phi) is 9.43. The molecular formula is C37H45NO6. The molecule has 3 aliphatic rings. The van der Waals surface area contributed by atoms with Crippen LogP contribution in [-0.2, 0) is 9.47 Å². The standard InChI is InChI=1S/C37H45NO6/c1-4-42-37(40)31-25(3)44-36-29-17-16-28(43-23-26-11-6-5-7-12-26)22-30(29)35(39)33(32(31)36)34(38-18-20-41-21-19-38)27-13-9-8-10-24(2)14-15-27/h9,13-17,22,26,34,39H,4-8,10-12,18-21,23H2,1-3H3. The highest BCUT2D eigenvalue weighted by Crippen LogP contribution is 2.48. The lowest BCUT2D eigenvalue weighted by Crippen LogP contribution is -2.39. The molecule has 0 spiro atoms. The Hall–Kier alpha value is -3.55. The van der Waals surface area contributed by atoms with Gasteiger partial charge in [0.15, 0.2) is 0 Å². The topological polar surface area (TPSA) is 81.4 Å². The highest BCUT2D eigenvalue weighted by Gasteiger charge is 2.35. The van der Waals surface area contributed by atoms with E-state index in [4.69, 9.17) is 18.6 Å². The Labute approximate surface area is 260 Å². The molecule has 1 saturated carbocycles. The summed E-state index contributed by atoms with van der Waals surface area (Å²) in [7, 11) is 0. The Balaban J connectivity index is 1.58. The summed E-state index contributed by atoms with van der Waals surface area (Å²) >= 11 is 0. The van der Waals surface area contributed by atoms with Crippen molar-refractivity contribution in [3.8, 4) is 11.5 Å². The zero-order chi connectivity index (χ0) is 30.6. The molecule has 3 aromatic rings. The molecule has 7 heteroatoms. The smallest absolute Gasteiger partial charge is 0.342 e. The molecule has 2 aliphatic carbocycles. The molecule has 1 unspecified atom stereocenters. The lowest BCUT2D eigenvalue weighted by atomic mass is 9.87. The molecule has 2 fully saturated rings. The lowest BCUT2D eigenvalue weighted by Gasteiger charge is -2.36. The van der Waals surface area contributed by atoms with E-state index in [1.807, 2.05) is 18.2 Å². The van der Waals surface area contributed by atoms with Gasteiger partial charge in [-0.1, -0.05) is 49.1 Å². The second-order valence-electron chi connectivity index (χ2n) is 12.4. The fraction of sp³-hybridized carbons (Fsp3) is 0.486. The molecule has 0 amide bonds. The van der Waals surface area contributed by atoms with Gasteiger partial charge in [0.2, 0.25) is 0 Å². The van der Waals surface area contributed by atoms with Crippen LogP contribution in [0.2, 0.25) is 0 Å². The van der Waals surface area contributed by atoms with E-state index in [9.17, 15) is 9.90 Å². The number of fused-ring (bicyclic) bond motifs is 3. The minimum absolute atomic E-state index is 0.135. The van der Waals surface area contributed by atoms with Crippen LogP contribution in [-0.4, -0.2) is 55.5 Å². The number of aryl methyl sites for hydroxylation is 1. The van der Waals surface area contributed by atoms with Gasteiger partial charge < -0.3 is 23.7 Å². The molecule has 0 radical (unpaired) electrons. The number of furan rings is 1. The summed E-state index contributed by atoms with van der Waals surface area (Å²) in [5.74, 6) is 1.45. The number of hydrogen-bond donors (Lipinski definition) is 1. The van der Waals surface area contributed by atoms with E-state index in [0.717, 1.165) is 29.6 Å². The summed E-state index contributed by atoms with van der Waals surface area (Å²) in [4.78, 5) is 15.8. The Bertz CT molecular complexity index is 1600. The van der Waals surface area contributed by atoms with Gasteiger partial charge in [-0.3, -0.25) is 4.90 Å². The maximum absolute atomic E-state index is 13.5. The van der Waals surface area contributed by atoms with E-state index in [0.29, 0.717) is 72.1 Å². The number of rotatable bonds is 8. The number of esters is 1. The van der Waals surface area contributed by atoms with Crippen molar-refractivity contribution < 1.29 is 28.5 Å². The van der Waals surface area contributed by atoms with Gasteiger partial charge >= 0.3 is 5.97 Å². The van der Waals surface area contributed by atoms with Crippen molar-refractivity contribution in [1.82, 2.24) is 4.90 Å². The number of ether oxygens (including phenoxy) is 3. The normalized spacial score (nSPS) is 19.3. The van der Waals surface area contributed by atoms with Crippen molar-refractivity contribution in [2.24, 2.45) is 5.92 Å². The molecule has 2 heterocycles. The Morgan fingerprint density at radius 1 is 1.09 bits per heavy atom. The van der Waals surface area contributed by atoms with E-state index < -0.39 is 5.97 Å². The van der Waals surface area contributed by atoms with Gasteiger partial charge in [0.1, 0.15) is 28.4 Å². The van der Waals surface area contributed by atoms with Gasteiger partial charge in [-0.05, 0) is 76.1 Å². The number of carbonyl (C=O) groups excluding carboxylic acids is 1. The van der Waals surface area contributed by atoms with E-state index >= 15 is 0 Å². The number of phenols is 1. The van der Waals surface area contributed by atoms with Gasteiger partial charge in [-0.15, -0.1) is 0 Å². The van der Waals surface area contributed by atoms with Gasteiger partial charge in [-0.2, -0.15) is 0 Å². The number of nitrogens with zero attached hydrogens (tertiary/aromatic N) is 1. The maximum atomic E-state index is 13.5. The molecule has 44 heavy (non-hydrogen) atoms. The molecule has 234 valence electrons. The minimum Gasteiger partial charge on any atom is -0.507 e. The zero-order valence-corrected chi connectivity index (χ0v) is 26.3. The van der Waals surface area contributed by atoms with Crippen molar-refractivity contribution in [2.75, 3.05) is 39.5 Å². The first-order valence-corrected chi connectivity index (χ1v) is 16.3. The average Bonchev–Trinajstić information content (AvgIpc) is 3.38. The van der Waals surface area contributed by atoms with Gasteiger partial charge in [-0.25, -0.2) is 4.79 Å². The number of phenolic OH excluding ortho intramolecular Hbond substituents is 1. The summed E-state index contributed by atoms with van der Waals surface area (Å²) in [5.41, 5.74) is 3.94. The van der Waals surface area contributed by atoms with Crippen molar-refractivity contribution in [3.05, 3.63) is 70.5 Å². The number of benzene rings is 2. The van der Waals surface area contributed by atoms with E-state index in [1.165, 1.54) is 37.7 Å². The zero-order valence-electron chi connectivity index (χ0n) is 26.3. The largest absolute Gasteiger partial charge is 0.507 e. The van der Waals surface area contributed by atoms with Gasteiger partial charge in [0.25, 0.3) is 0 Å². The lowest BCUT2D eigenvalue weighted by molar-refractivity contribution is 0.0237. The predicted octanol–water partition coefficient (Wildman–Crippen LogP) is 8.33. The molecule has 1 aromatic heterocycles. The maximum Gasteiger partial charge on any atom is 0.342 e. The first kappa shape index (κ1) is 30.5. The first-order valence-electron chi connectivity index (χ1n) is 16.3. The molecule has 1 aliphatic heterocycles. The number of hydrogen-bond acceptors (Lipinski definition) is 7. The van der Waals surface area contributed by atoms with Gasteiger partial charge in [0.05, 0.1) is 32.5 Å². The predicted molar refractivity (Wildman–Crippen MR) is 173 cm³/mol. The quantitative estimate of drug-likeness (QED) is 0.261. The minimum atomic E-state index is -0.449. The van der Waals surface area contributed by atoms with E-state index in [-0.39, 0.29) is 18.4 Å². The summed E-state index contributed by atoms with van der Waals surface area (Å²) < 4.78 is 24.0. The third-order valence-corrected chi connectivity index (χ3v) is 9.37. The van der Waals surface area contributed by atoms with Crippen LogP contribution in [0.1, 0.15) is 86.5 Å². The fourth-order valence-corrected chi connectivity index (χ4v) is 7.03. The highest BCUT2D eigenvalue weighted by molar-refractivity contribution is 6.17. The van der Waals surface area contributed by atoms with E-state index in [2.05, 4.69) is 36.1 Å². The monoisotopic (exact) mass is 599 g/mol. The first-order chi connectivity index (χ1) is 21.5. The number of allylic oxidation sites excluding steroid dienone is 4. The van der Waals surface area contributed by atoms with Crippen LogP contribution in [0, 0.1) is 12.8 Å². The molecule has 0 bridgehead atoms. The second kappa shape index (κ2) is 13.6. The summed E-state index contributed by atoms with van der Waals surface area (Å²) in [5, 5.41) is 14.4. The Morgan fingerprint density at radius 3 is 2.66 bits per heavy atom. The van der Waals surface area contributed by atoms with Crippen molar-refractivity contribution in [3.63, 3.8) is 0 Å². The van der Waals surface area contributed by atoms with Crippen LogP contribution in [0.4, 0.5) is 0 Å². The highest BCUT2D eigenvalue weighted by atomic mass is 16.5. The Morgan fingerprint density at radius 2 is 1.89 bits per heavy atom. The second-order valence-corrected chi connectivity index (χ2v) is 12.4. The van der Waals surface area contributed by atoms with Crippen molar-refractivity contribution in [1.29, 1.82) is 0 Å². The van der Waals surface area contributed by atoms with Crippen LogP contribution in [0.25, 0.3) is 21.7 Å². The van der Waals surface area contributed by atoms with Crippen molar-refractivity contribution in [2.45, 2.75) is 71.8 Å². The summed E-state index contributed by atoms with van der Waals surface area (Å²) in [6, 6.07) is 5.47. The molecular weight excluding hydrogens is 554 g/mol. The van der Waals surface area contributed by atoms with Crippen LogP contribution < -0.4 is 4.74 Å². The fourth-order valence-electron chi connectivity index (χ4n) is 7.03. The van der Waals surface area contributed by atoms with Crippen LogP contribution in [0.5, 0.6) is 11.5 Å². The number of morpholine rings is 1. The number of aromatic hydroxyl groups is 1. The third-order valence-electron chi connectivity index (χ3n) is 9.37. The summed E-state index contributed by atoms with van der Waals surface area (Å²) in [6.45, 7) is 9.22. The average molecular weight is 600 g/mol. The van der Waals surface area contributed by atoms with Crippen LogP contribution >= 0.6 is 0 Å². The molecule has 1 atom stereocenters. The molecule has 2 aromatic carbocycles. The molecule has 6 rings (SSSR count). The SMILES string of the molecule is CCOC(=O)c1c(C)oc2c1c(C(C1=CC=C(C)CCC=C1)N1CCOCC1)c(O)c1cc(OCC3CCCCC3)ccc12. The summed E-state index contributed by atoms with van der Waals surface area (Å²) in [6.07, 6.45) is 16.9. The molecule has 1 saturated heterocycles. The van der Waals surface area contributed by atoms with Gasteiger partial charge in [0, 0.05) is 34.8 Å². The third kappa shape index (κ3) is 6.18. The van der Waals surface area contributed by atoms with Crippen molar-refractivity contribution >= 4 is 27.7 Å².